The van der Waals surface area contributed by atoms with Gasteiger partial charge in [0.15, 0.2) is 5.84 Å². The number of hydrogen-bond donors (Lipinski definition) is 3. The zero-order chi connectivity index (χ0) is 15.9. The van der Waals surface area contributed by atoms with Crippen LogP contribution in [0, 0.1) is 5.41 Å². The van der Waals surface area contributed by atoms with Gasteiger partial charge in [-0.3, -0.25) is 4.79 Å². The van der Waals surface area contributed by atoms with Crippen LogP contribution in [0.3, 0.4) is 0 Å². The Hall–Kier alpha value is -1.30. The minimum absolute atomic E-state index is 0.0242. The second kappa shape index (κ2) is 7.64. The van der Waals surface area contributed by atoms with E-state index in [1.54, 1.807) is 0 Å². The molecule has 0 aliphatic heterocycles. The normalized spacial score (nSPS) is 19.9. The fourth-order valence-electron chi connectivity index (χ4n) is 2.93. The first-order valence-electron chi connectivity index (χ1n) is 7.78. The van der Waals surface area contributed by atoms with Crippen LogP contribution in [0.4, 0.5) is 0 Å². The third-order valence-electron chi connectivity index (χ3n) is 4.20. The molecule has 0 bridgehead atoms. The Morgan fingerprint density at radius 1 is 1.33 bits per heavy atom. The fourth-order valence-corrected chi connectivity index (χ4v) is 2.93. The van der Waals surface area contributed by atoms with Crippen molar-refractivity contribution in [3.05, 3.63) is 0 Å². The van der Waals surface area contributed by atoms with Gasteiger partial charge in [0, 0.05) is 13.2 Å². The van der Waals surface area contributed by atoms with Crippen molar-refractivity contribution in [3.63, 3.8) is 0 Å². The number of hydrogen-bond acceptors (Lipinski definition) is 4. The largest absolute Gasteiger partial charge is 0.409 e. The van der Waals surface area contributed by atoms with Crippen LogP contribution >= 0.6 is 0 Å². The van der Waals surface area contributed by atoms with E-state index in [0.29, 0.717) is 26.0 Å². The molecule has 1 aliphatic carbocycles. The van der Waals surface area contributed by atoms with Crippen LogP contribution in [-0.4, -0.2) is 35.7 Å². The summed E-state index contributed by atoms with van der Waals surface area (Å²) >= 11 is 0. The summed E-state index contributed by atoms with van der Waals surface area (Å²) in [7, 11) is 0. The Kier molecular flexibility index (Phi) is 6.45. The average molecular weight is 299 g/mol. The summed E-state index contributed by atoms with van der Waals surface area (Å²) in [4.78, 5) is 12.7. The predicted octanol–water partition coefficient (Wildman–Crippen LogP) is 2.00. The Balaban J connectivity index is 2.81. The number of carbonyl (C=O) groups excluding carboxylic acids is 1. The number of amides is 1. The predicted molar refractivity (Wildman–Crippen MR) is 82.3 cm³/mol. The molecular weight excluding hydrogens is 270 g/mol. The molecule has 21 heavy (non-hydrogen) atoms. The van der Waals surface area contributed by atoms with E-state index in [0.717, 1.165) is 25.7 Å². The Labute approximate surface area is 127 Å². The van der Waals surface area contributed by atoms with Crippen LogP contribution in [0.25, 0.3) is 0 Å². The van der Waals surface area contributed by atoms with E-state index in [-0.39, 0.29) is 11.7 Å². The van der Waals surface area contributed by atoms with Gasteiger partial charge < -0.3 is 21.0 Å². The number of nitrogens with one attached hydrogen (secondary N) is 1. The molecular formula is C15H29N3O3. The van der Waals surface area contributed by atoms with E-state index < -0.39 is 11.0 Å². The van der Waals surface area contributed by atoms with Crippen molar-refractivity contribution in [3.8, 4) is 0 Å². The maximum atomic E-state index is 12.7. The number of nitrogens with two attached hydrogens (primary N) is 1. The maximum absolute atomic E-state index is 12.7. The quantitative estimate of drug-likeness (QED) is 0.230. The number of carbonyl (C=O) groups is 1. The maximum Gasteiger partial charge on any atom is 0.234 e. The van der Waals surface area contributed by atoms with Crippen molar-refractivity contribution in [2.45, 2.75) is 64.9 Å². The van der Waals surface area contributed by atoms with Crippen LogP contribution in [0.15, 0.2) is 5.16 Å². The number of amidine groups is 1. The molecule has 0 atom stereocenters. The summed E-state index contributed by atoms with van der Waals surface area (Å²) in [6.45, 7) is 6.78. The molecule has 6 nitrogen and oxygen atoms in total. The molecule has 1 aliphatic rings. The first-order valence-corrected chi connectivity index (χ1v) is 7.78. The second-order valence-electron chi connectivity index (χ2n) is 6.36. The highest BCUT2D eigenvalue weighted by molar-refractivity contribution is 6.06. The smallest absolute Gasteiger partial charge is 0.234 e. The van der Waals surface area contributed by atoms with Crippen molar-refractivity contribution in [2.24, 2.45) is 16.3 Å². The Morgan fingerprint density at radius 2 is 1.90 bits per heavy atom. The van der Waals surface area contributed by atoms with Crippen molar-refractivity contribution in [1.29, 1.82) is 0 Å². The average Bonchev–Trinajstić information content (AvgIpc) is 2.70. The molecule has 122 valence electrons. The molecule has 0 heterocycles. The molecule has 1 saturated carbocycles. The van der Waals surface area contributed by atoms with Gasteiger partial charge in [0.05, 0.1) is 5.60 Å². The van der Waals surface area contributed by atoms with Gasteiger partial charge in [-0.1, -0.05) is 30.8 Å². The zero-order valence-corrected chi connectivity index (χ0v) is 13.4. The van der Waals surface area contributed by atoms with E-state index in [2.05, 4.69) is 10.5 Å². The highest BCUT2D eigenvalue weighted by Gasteiger charge is 2.43. The Morgan fingerprint density at radius 3 is 2.38 bits per heavy atom. The molecule has 0 aromatic heterocycles. The van der Waals surface area contributed by atoms with Gasteiger partial charge in [-0.2, -0.15) is 0 Å². The number of oxime groups is 1. The van der Waals surface area contributed by atoms with Gasteiger partial charge in [0.1, 0.15) is 5.41 Å². The van der Waals surface area contributed by atoms with Crippen molar-refractivity contribution < 1.29 is 14.7 Å². The van der Waals surface area contributed by atoms with Gasteiger partial charge in [-0.05, 0) is 33.6 Å². The van der Waals surface area contributed by atoms with Crippen LogP contribution in [0.2, 0.25) is 0 Å². The minimum atomic E-state index is -0.881. The van der Waals surface area contributed by atoms with Crippen LogP contribution in [-0.2, 0) is 9.53 Å². The van der Waals surface area contributed by atoms with Crippen molar-refractivity contribution in [1.82, 2.24) is 5.32 Å². The first-order chi connectivity index (χ1) is 9.88. The summed E-state index contributed by atoms with van der Waals surface area (Å²) < 4.78 is 5.59. The van der Waals surface area contributed by atoms with Crippen molar-refractivity contribution >= 4 is 11.7 Å². The van der Waals surface area contributed by atoms with Crippen LogP contribution in [0.1, 0.15) is 59.3 Å². The molecule has 1 fully saturated rings. The third kappa shape index (κ3) is 4.59. The fraction of sp³-hybridized carbons (Fsp3) is 0.867. The van der Waals surface area contributed by atoms with Crippen LogP contribution < -0.4 is 11.1 Å². The molecule has 0 aromatic rings. The summed E-state index contributed by atoms with van der Waals surface area (Å²) in [5.74, 6) is -0.136. The second-order valence-corrected chi connectivity index (χ2v) is 6.36. The summed E-state index contributed by atoms with van der Waals surface area (Å²) in [6.07, 6.45) is 5.25. The van der Waals surface area contributed by atoms with Gasteiger partial charge in [0.2, 0.25) is 5.91 Å². The molecule has 6 heteroatoms. The van der Waals surface area contributed by atoms with E-state index in [1.165, 1.54) is 0 Å². The molecule has 0 unspecified atom stereocenters. The first kappa shape index (κ1) is 17.8. The molecule has 1 amide bonds. The summed E-state index contributed by atoms with van der Waals surface area (Å²) in [5.41, 5.74) is 4.55. The molecule has 0 saturated heterocycles. The van der Waals surface area contributed by atoms with Gasteiger partial charge >= 0.3 is 0 Å². The van der Waals surface area contributed by atoms with Gasteiger partial charge in [-0.15, -0.1) is 0 Å². The number of rotatable bonds is 6. The van der Waals surface area contributed by atoms with E-state index in [1.807, 2.05) is 20.8 Å². The highest BCUT2D eigenvalue weighted by atomic mass is 16.5. The molecule has 0 radical (unpaired) electrons. The SMILES string of the molecule is CCOC(C)(C)CNC(=O)C1(C(N)=NO)CCCCCC1. The Bertz CT molecular complexity index is 372. The van der Waals surface area contributed by atoms with E-state index >= 15 is 0 Å². The van der Waals surface area contributed by atoms with E-state index in [9.17, 15) is 4.79 Å². The van der Waals surface area contributed by atoms with Crippen molar-refractivity contribution in [2.75, 3.05) is 13.2 Å². The zero-order valence-electron chi connectivity index (χ0n) is 13.4. The standard InChI is InChI=1S/C15H29N3O3/c1-4-21-14(2,3)11-17-13(19)15(12(16)18-20)9-7-5-6-8-10-15/h20H,4-11H2,1-3H3,(H2,16,18)(H,17,19). The molecule has 1 rings (SSSR count). The number of ether oxygens (including phenoxy) is 1. The lowest BCUT2D eigenvalue weighted by atomic mass is 9.78. The molecule has 4 N–H and O–H groups in total. The lowest BCUT2D eigenvalue weighted by molar-refractivity contribution is -0.129. The van der Waals surface area contributed by atoms with E-state index in [4.69, 9.17) is 15.7 Å². The highest BCUT2D eigenvalue weighted by Crippen LogP contribution is 2.35. The summed E-state index contributed by atoms with van der Waals surface area (Å²) in [6, 6.07) is 0. The molecule has 0 aromatic carbocycles. The lowest BCUT2D eigenvalue weighted by Crippen LogP contribution is -2.52. The van der Waals surface area contributed by atoms with Gasteiger partial charge in [-0.25, -0.2) is 0 Å². The lowest BCUT2D eigenvalue weighted by Gasteiger charge is -2.32. The summed E-state index contributed by atoms with van der Waals surface area (Å²) in [5, 5.41) is 15.1. The van der Waals surface area contributed by atoms with Gasteiger partial charge in [0.25, 0.3) is 0 Å². The number of nitrogens with zero attached hydrogens (tertiary/aromatic N) is 1. The topological polar surface area (TPSA) is 96.9 Å². The molecule has 0 spiro atoms. The minimum Gasteiger partial charge on any atom is -0.409 e. The third-order valence-corrected chi connectivity index (χ3v) is 4.20. The monoisotopic (exact) mass is 299 g/mol. The van der Waals surface area contributed by atoms with Crippen LogP contribution in [0.5, 0.6) is 0 Å².